The third kappa shape index (κ3) is 5.23. The van der Waals surface area contributed by atoms with E-state index in [9.17, 15) is 9.90 Å². The van der Waals surface area contributed by atoms with Crippen LogP contribution in [0.5, 0.6) is 0 Å². The molecule has 0 atom stereocenters. The first-order valence-electron chi connectivity index (χ1n) is 8.27. The first-order chi connectivity index (χ1) is 10.9. The Labute approximate surface area is 143 Å². The number of rotatable bonds is 6. The van der Waals surface area contributed by atoms with Crippen molar-refractivity contribution in [2.24, 2.45) is 0 Å². The molecule has 0 aromatic heterocycles. The van der Waals surface area contributed by atoms with Crippen molar-refractivity contribution in [2.45, 2.75) is 51.4 Å². The van der Waals surface area contributed by atoms with Crippen LogP contribution in [0.2, 0.25) is 0 Å². The van der Waals surface area contributed by atoms with E-state index in [1.165, 1.54) is 5.56 Å². The third-order valence-electron chi connectivity index (χ3n) is 4.50. The Morgan fingerprint density at radius 1 is 1.35 bits per heavy atom. The number of benzene rings is 1. The molecule has 128 valence electrons. The summed E-state index contributed by atoms with van der Waals surface area (Å²) in [7, 11) is 2.11. The Morgan fingerprint density at radius 3 is 2.65 bits per heavy atom. The van der Waals surface area contributed by atoms with Crippen molar-refractivity contribution in [1.82, 2.24) is 10.2 Å². The minimum absolute atomic E-state index is 0.234. The van der Waals surface area contributed by atoms with Crippen LogP contribution in [0.15, 0.2) is 24.3 Å². The standard InChI is InChI=1S/C18H28N2O2S/c1-14(2)20(3)13-16-6-4-5-15(11-16)12-19-17(21)18(22)7-9-23-10-8-18/h4-6,11,14,22H,7-10,12-13H2,1-3H3,(H,19,21). The van der Waals surface area contributed by atoms with Gasteiger partial charge in [0.2, 0.25) is 0 Å². The molecule has 0 spiro atoms. The monoisotopic (exact) mass is 336 g/mol. The number of carbonyl (C=O) groups excluding carboxylic acids is 1. The summed E-state index contributed by atoms with van der Waals surface area (Å²) in [6.07, 6.45) is 1.09. The summed E-state index contributed by atoms with van der Waals surface area (Å²) in [6, 6.07) is 8.77. The molecule has 2 N–H and O–H groups in total. The molecule has 4 nitrogen and oxygen atoms in total. The number of nitrogens with one attached hydrogen (secondary N) is 1. The highest BCUT2D eigenvalue weighted by molar-refractivity contribution is 7.99. The molecule has 0 saturated carbocycles. The molecule has 23 heavy (non-hydrogen) atoms. The van der Waals surface area contributed by atoms with E-state index in [0.717, 1.165) is 23.6 Å². The van der Waals surface area contributed by atoms with Crippen molar-refractivity contribution < 1.29 is 9.90 Å². The molecule has 2 rings (SSSR count). The molecule has 1 saturated heterocycles. The Balaban J connectivity index is 1.91. The van der Waals surface area contributed by atoms with Gasteiger partial charge in [-0.25, -0.2) is 0 Å². The van der Waals surface area contributed by atoms with Gasteiger partial charge in [0.25, 0.3) is 5.91 Å². The molecule has 1 aliphatic rings. The summed E-state index contributed by atoms with van der Waals surface area (Å²) >= 11 is 1.79. The van der Waals surface area contributed by atoms with Gasteiger partial charge in [-0.3, -0.25) is 9.69 Å². The number of aliphatic hydroxyl groups is 1. The van der Waals surface area contributed by atoms with Crippen LogP contribution >= 0.6 is 11.8 Å². The number of hydrogen-bond acceptors (Lipinski definition) is 4. The zero-order chi connectivity index (χ0) is 16.9. The maximum Gasteiger partial charge on any atom is 0.252 e. The fraction of sp³-hybridized carbons (Fsp3) is 0.611. The van der Waals surface area contributed by atoms with Gasteiger partial charge in [0.1, 0.15) is 5.60 Å². The second-order valence-corrected chi connectivity index (χ2v) is 7.88. The van der Waals surface area contributed by atoms with Crippen molar-refractivity contribution in [3.8, 4) is 0 Å². The zero-order valence-corrected chi connectivity index (χ0v) is 15.2. The van der Waals surface area contributed by atoms with E-state index in [-0.39, 0.29) is 5.91 Å². The van der Waals surface area contributed by atoms with Gasteiger partial charge in [-0.15, -0.1) is 0 Å². The molecular weight excluding hydrogens is 308 g/mol. The number of thioether (sulfide) groups is 1. The highest BCUT2D eigenvalue weighted by atomic mass is 32.2. The predicted octanol–water partition coefficient (Wildman–Crippen LogP) is 2.40. The second kappa shape index (κ2) is 8.18. The van der Waals surface area contributed by atoms with Crippen LogP contribution < -0.4 is 5.32 Å². The van der Waals surface area contributed by atoms with E-state index in [4.69, 9.17) is 0 Å². The van der Waals surface area contributed by atoms with Crippen molar-refractivity contribution in [2.75, 3.05) is 18.6 Å². The van der Waals surface area contributed by atoms with E-state index in [2.05, 4.69) is 43.2 Å². The second-order valence-electron chi connectivity index (χ2n) is 6.66. The number of nitrogens with zero attached hydrogens (tertiary/aromatic N) is 1. The first kappa shape index (κ1) is 18.3. The van der Waals surface area contributed by atoms with E-state index in [0.29, 0.717) is 25.4 Å². The van der Waals surface area contributed by atoms with Crippen LogP contribution in [0.1, 0.15) is 37.8 Å². The summed E-state index contributed by atoms with van der Waals surface area (Å²) in [4.78, 5) is 14.5. The Bertz CT molecular complexity index is 528. The lowest BCUT2D eigenvalue weighted by Crippen LogP contribution is -2.48. The van der Waals surface area contributed by atoms with Crippen LogP contribution in [-0.2, 0) is 17.9 Å². The van der Waals surface area contributed by atoms with Crippen LogP contribution in [0.3, 0.4) is 0 Å². The van der Waals surface area contributed by atoms with Gasteiger partial charge < -0.3 is 10.4 Å². The number of amides is 1. The maximum atomic E-state index is 12.3. The molecule has 0 aliphatic carbocycles. The Hall–Kier alpha value is -1.04. The molecule has 1 aromatic carbocycles. The fourth-order valence-electron chi connectivity index (χ4n) is 2.59. The largest absolute Gasteiger partial charge is 0.380 e. The highest BCUT2D eigenvalue weighted by Gasteiger charge is 2.37. The lowest BCUT2D eigenvalue weighted by molar-refractivity contribution is -0.140. The summed E-state index contributed by atoms with van der Waals surface area (Å²) in [6.45, 7) is 5.70. The smallest absolute Gasteiger partial charge is 0.252 e. The normalized spacial score (nSPS) is 17.5. The van der Waals surface area contributed by atoms with Gasteiger partial charge in [0.05, 0.1) is 0 Å². The summed E-state index contributed by atoms with van der Waals surface area (Å²) in [5.41, 5.74) is 1.13. The van der Waals surface area contributed by atoms with Crippen molar-refractivity contribution >= 4 is 17.7 Å². The fourth-order valence-corrected chi connectivity index (χ4v) is 3.76. The topological polar surface area (TPSA) is 52.6 Å². The molecule has 0 radical (unpaired) electrons. The highest BCUT2D eigenvalue weighted by Crippen LogP contribution is 2.27. The summed E-state index contributed by atoms with van der Waals surface area (Å²) in [5, 5.41) is 13.3. The SMILES string of the molecule is CC(C)N(C)Cc1cccc(CNC(=O)C2(O)CCSCC2)c1. The van der Waals surface area contributed by atoms with Crippen LogP contribution in [0.25, 0.3) is 0 Å². The lowest BCUT2D eigenvalue weighted by Gasteiger charge is -2.30. The van der Waals surface area contributed by atoms with Gasteiger partial charge in [-0.05, 0) is 56.4 Å². The van der Waals surface area contributed by atoms with Crippen LogP contribution in [0.4, 0.5) is 0 Å². The van der Waals surface area contributed by atoms with Gasteiger partial charge in [0.15, 0.2) is 0 Å². The Kier molecular flexibility index (Phi) is 6.50. The molecule has 0 bridgehead atoms. The van der Waals surface area contributed by atoms with Crippen molar-refractivity contribution in [3.05, 3.63) is 35.4 Å². The zero-order valence-electron chi connectivity index (χ0n) is 14.3. The molecule has 1 amide bonds. The quantitative estimate of drug-likeness (QED) is 0.838. The Morgan fingerprint density at radius 2 is 2.00 bits per heavy atom. The molecule has 0 unspecified atom stereocenters. The molecule has 5 heteroatoms. The van der Waals surface area contributed by atoms with Gasteiger partial charge >= 0.3 is 0 Å². The number of carbonyl (C=O) groups is 1. The molecule has 1 fully saturated rings. The summed E-state index contributed by atoms with van der Waals surface area (Å²) in [5.74, 6) is 1.46. The number of hydrogen-bond donors (Lipinski definition) is 2. The molecule has 1 aliphatic heterocycles. The molecule has 1 aromatic rings. The van der Waals surface area contributed by atoms with Gasteiger partial charge in [-0.2, -0.15) is 11.8 Å². The predicted molar refractivity (Wildman–Crippen MR) is 96.4 cm³/mol. The van der Waals surface area contributed by atoms with Crippen molar-refractivity contribution in [1.29, 1.82) is 0 Å². The van der Waals surface area contributed by atoms with Gasteiger partial charge in [-0.1, -0.05) is 24.3 Å². The summed E-state index contributed by atoms with van der Waals surface area (Å²) < 4.78 is 0. The maximum absolute atomic E-state index is 12.3. The van der Waals surface area contributed by atoms with Crippen LogP contribution in [-0.4, -0.2) is 46.1 Å². The molecular formula is C18H28N2O2S. The minimum atomic E-state index is -1.18. The van der Waals surface area contributed by atoms with Gasteiger partial charge in [0, 0.05) is 19.1 Å². The lowest BCUT2D eigenvalue weighted by atomic mass is 9.95. The minimum Gasteiger partial charge on any atom is -0.380 e. The van der Waals surface area contributed by atoms with Crippen LogP contribution in [0, 0.1) is 0 Å². The average molecular weight is 337 g/mol. The molecule has 1 heterocycles. The van der Waals surface area contributed by atoms with E-state index < -0.39 is 5.60 Å². The van der Waals surface area contributed by atoms with E-state index in [1.54, 1.807) is 11.8 Å². The van der Waals surface area contributed by atoms with E-state index in [1.807, 2.05) is 12.1 Å². The third-order valence-corrected chi connectivity index (χ3v) is 5.49. The first-order valence-corrected chi connectivity index (χ1v) is 9.43. The average Bonchev–Trinajstić information content (AvgIpc) is 2.53. The van der Waals surface area contributed by atoms with Crippen molar-refractivity contribution in [3.63, 3.8) is 0 Å². The van der Waals surface area contributed by atoms with E-state index >= 15 is 0 Å².